The Labute approximate surface area is 110 Å². The van der Waals surface area contributed by atoms with E-state index in [2.05, 4.69) is 27.9 Å². The summed E-state index contributed by atoms with van der Waals surface area (Å²) in [7, 11) is 2.10. The van der Waals surface area contributed by atoms with E-state index in [0.717, 1.165) is 24.5 Å². The van der Waals surface area contributed by atoms with Crippen molar-refractivity contribution >= 4 is 5.82 Å². The average Bonchev–Trinajstić information content (AvgIpc) is 2.89. The van der Waals surface area contributed by atoms with Gasteiger partial charge in [-0.2, -0.15) is 0 Å². The summed E-state index contributed by atoms with van der Waals surface area (Å²) in [5.41, 5.74) is 7.12. The lowest BCUT2D eigenvalue weighted by atomic mass is 10.1. The molecule has 2 heterocycles. The minimum absolute atomic E-state index is 0.0305. The maximum absolute atomic E-state index is 5.99. The third-order valence-electron chi connectivity index (χ3n) is 3.62. The summed E-state index contributed by atoms with van der Waals surface area (Å²) in [6.45, 7) is 6.63. The number of pyridine rings is 1. The highest BCUT2D eigenvalue weighted by Gasteiger charge is 2.15. The van der Waals surface area contributed by atoms with Crippen LogP contribution >= 0.6 is 0 Å². The Morgan fingerprint density at radius 3 is 2.83 bits per heavy atom. The van der Waals surface area contributed by atoms with Crippen molar-refractivity contribution in [2.24, 2.45) is 5.73 Å². The van der Waals surface area contributed by atoms with Crippen molar-refractivity contribution in [1.29, 1.82) is 0 Å². The molecule has 0 saturated carbocycles. The van der Waals surface area contributed by atoms with Crippen molar-refractivity contribution in [1.82, 2.24) is 9.88 Å². The first-order valence-corrected chi connectivity index (χ1v) is 6.82. The molecule has 1 unspecified atom stereocenters. The molecule has 0 bridgehead atoms. The molecule has 0 radical (unpaired) electrons. The molecule has 4 heteroatoms. The first-order valence-electron chi connectivity index (χ1n) is 6.82. The van der Waals surface area contributed by atoms with Gasteiger partial charge in [0, 0.05) is 37.9 Å². The zero-order valence-corrected chi connectivity index (χ0v) is 11.5. The number of nitrogens with two attached hydrogens (primary N) is 1. The Morgan fingerprint density at radius 2 is 2.17 bits per heavy atom. The van der Waals surface area contributed by atoms with Crippen LogP contribution in [0.15, 0.2) is 18.3 Å². The van der Waals surface area contributed by atoms with E-state index in [0.29, 0.717) is 0 Å². The standard InChI is InChI=1S/C14H24N4/c1-12(15)13-6-5-7-16-14(13)17(2)10-11-18-8-3-4-9-18/h5-7,12H,3-4,8-11,15H2,1-2H3. The molecule has 4 nitrogen and oxygen atoms in total. The van der Waals surface area contributed by atoms with Crippen LogP contribution in [0.25, 0.3) is 0 Å². The second-order valence-electron chi connectivity index (χ2n) is 5.18. The van der Waals surface area contributed by atoms with Gasteiger partial charge in [-0.3, -0.25) is 0 Å². The van der Waals surface area contributed by atoms with E-state index in [4.69, 9.17) is 5.73 Å². The highest BCUT2D eigenvalue weighted by molar-refractivity contribution is 5.47. The quantitative estimate of drug-likeness (QED) is 0.860. The van der Waals surface area contributed by atoms with Crippen LogP contribution in [-0.2, 0) is 0 Å². The maximum atomic E-state index is 5.99. The van der Waals surface area contributed by atoms with Crippen LogP contribution in [-0.4, -0.2) is 43.1 Å². The Kier molecular flexibility index (Phi) is 4.55. The van der Waals surface area contributed by atoms with E-state index in [1.165, 1.54) is 25.9 Å². The highest BCUT2D eigenvalue weighted by atomic mass is 15.2. The summed E-state index contributed by atoms with van der Waals surface area (Å²) in [6.07, 6.45) is 4.53. The average molecular weight is 248 g/mol. The molecule has 0 aromatic carbocycles. The fraction of sp³-hybridized carbons (Fsp3) is 0.643. The molecular formula is C14H24N4. The minimum atomic E-state index is 0.0305. The molecule has 1 aliphatic rings. The molecule has 1 fully saturated rings. The van der Waals surface area contributed by atoms with Crippen molar-refractivity contribution in [3.05, 3.63) is 23.9 Å². The van der Waals surface area contributed by atoms with Gasteiger partial charge in [0.15, 0.2) is 0 Å². The van der Waals surface area contributed by atoms with Gasteiger partial charge in [0.05, 0.1) is 0 Å². The van der Waals surface area contributed by atoms with Crippen LogP contribution in [0.3, 0.4) is 0 Å². The highest BCUT2D eigenvalue weighted by Crippen LogP contribution is 2.21. The summed E-state index contributed by atoms with van der Waals surface area (Å²) >= 11 is 0. The molecule has 0 spiro atoms. The molecule has 1 saturated heterocycles. The number of likely N-dealkylation sites (tertiary alicyclic amines) is 1. The molecular weight excluding hydrogens is 224 g/mol. The summed E-state index contributed by atoms with van der Waals surface area (Å²) in [5.74, 6) is 1.02. The molecule has 0 amide bonds. The lowest BCUT2D eigenvalue weighted by Gasteiger charge is -2.25. The van der Waals surface area contributed by atoms with Gasteiger partial charge in [-0.05, 0) is 38.9 Å². The normalized spacial score (nSPS) is 17.9. The minimum Gasteiger partial charge on any atom is -0.358 e. The van der Waals surface area contributed by atoms with Crippen molar-refractivity contribution in [3.63, 3.8) is 0 Å². The Bertz CT molecular complexity index is 372. The van der Waals surface area contributed by atoms with Crippen LogP contribution in [0.4, 0.5) is 5.82 Å². The first kappa shape index (κ1) is 13.3. The van der Waals surface area contributed by atoms with Gasteiger partial charge in [0.2, 0.25) is 0 Å². The lowest BCUT2D eigenvalue weighted by molar-refractivity contribution is 0.346. The zero-order valence-electron chi connectivity index (χ0n) is 11.5. The summed E-state index contributed by atoms with van der Waals surface area (Å²) in [4.78, 5) is 9.21. The fourth-order valence-corrected chi connectivity index (χ4v) is 2.49. The van der Waals surface area contributed by atoms with Crippen LogP contribution in [0, 0.1) is 0 Å². The Morgan fingerprint density at radius 1 is 1.44 bits per heavy atom. The number of likely N-dealkylation sites (N-methyl/N-ethyl adjacent to an activating group) is 1. The van der Waals surface area contributed by atoms with E-state index in [-0.39, 0.29) is 6.04 Å². The molecule has 0 aliphatic carbocycles. The fourth-order valence-electron chi connectivity index (χ4n) is 2.49. The Balaban J connectivity index is 1.97. The molecule has 100 valence electrons. The number of anilines is 1. The maximum Gasteiger partial charge on any atom is 0.133 e. The number of hydrogen-bond donors (Lipinski definition) is 1. The van der Waals surface area contributed by atoms with Crippen LogP contribution < -0.4 is 10.6 Å². The van der Waals surface area contributed by atoms with Crippen molar-refractivity contribution < 1.29 is 0 Å². The van der Waals surface area contributed by atoms with Gasteiger partial charge in [-0.25, -0.2) is 4.98 Å². The number of aromatic nitrogens is 1. The lowest BCUT2D eigenvalue weighted by Crippen LogP contribution is -2.32. The van der Waals surface area contributed by atoms with Gasteiger partial charge in [-0.1, -0.05) is 6.07 Å². The number of rotatable bonds is 5. The topological polar surface area (TPSA) is 45.4 Å². The second kappa shape index (κ2) is 6.16. The van der Waals surface area contributed by atoms with Crippen molar-refractivity contribution in [3.8, 4) is 0 Å². The monoisotopic (exact) mass is 248 g/mol. The molecule has 1 aliphatic heterocycles. The molecule has 1 atom stereocenters. The molecule has 2 N–H and O–H groups in total. The molecule has 1 aromatic heterocycles. The predicted molar refractivity (Wildman–Crippen MR) is 75.8 cm³/mol. The third kappa shape index (κ3) is 3.21. The van der Waals surface area contributed by atoms with Crippen LogP contribution in [0.1, 0.15) is 31.4 Å². The van der Waals surface area contributed by atoms with E-state index >= 15 is 0 Å². The Hall–Kier alpha value is -1.13. The van der Waals surface area contributed by atoms with Gasteiger partial charge < -0.3 is 15.5 Å². The van der Waals surface area contributed by atoms with E-state index in [1.807, 2.05) is 19.2 Å². The number of hydrogen-bond acceptors (Lipinski definition) is 4. The van der Waals surface area contributed by atoms with Crippen LogP contribution in [0.5, 0.6) is 0 Å². The van der Waals surface area contributed by atoms with Crippen molar-refractivity contribution in [2.45, 2.75) is 25.8 Å². The summed E-state index contributed by atoms with van der Waals surface area (Å²) in [6, 6.07) is 4.05. The summed E-state index contributed by atoms with van der Waals surface area (Å²) in [5, 5.41) is 0. The predicted octanol–water partition coefficient (Wildman–Crippen LogP) is 1.63. The van der Waals surface area contributed by atoms with Gasteiger partial charge in [-0.15, -0.1) is 0 Å². The van der Waals surface area contributed by atoms with Gasteiger partial charge >= 0.3 is 0 Å². The molecule has 2 rings (SSSR count). The third-order valence-corrected chi connectivity index (χ3v) is 3.62. The first-order chi connectivity index (χ1) is 8.68. The molecule has 1 aromatic rings. The van der Waals surface area contributed by atoms with Gasteiger partial charge in [0.1, 0.15) is 5.82 Å². The van der Waals surface area contributed by atoms with E-state index in [1.54, 1.807) is 0 Å². The van der Waals surface area contributed by atoms with Crippen molar-refractivity contribution in [2.75, 3.05) is 38.1 Å². The van der Waals surface area contributed by atoms with E-state index < -0.39 is 0 Å². The molecule has 18 heavy (non-hydrogen) atoms. The number of nitrogens with zero attached hydrogens (tertiary/aromatic N) is 3. The smallest absolute Gasteiger partial charge is 0.133 e. The summed E-state index contributed by atoms with van der Waals surface area (Å²) < 4.78 is 0. The SMILES string of the molecule is CC(N)c1cccnc1N(C)CCN1CCCC1. The van der Waals surface area contributed by atoms with Gasteiger partial charge in [0.25, 0.3) is 0 Å². The largest absolute Gasteiger partial charge is 0.358 e. The second-order valence-corrected chi connectivity index (χ2v) is 5.18. The zero-order chi connectivity index (χ0) is 13.0. The van der Waals surface area contributed by atoms with E-state index in [9.17, 15) is 0 Å². The van der Waals surface area contributed by atoms with Crippen LogP contribution in [0.2, 0.25) is 0 Å².